The minimum Gasteiger partial charge on any atom is -0.504 e. The molecule has 0 aliphatic heterocycles. The fourth-order valence-electron chi connectivity index (χ4n) is 1.65. The van der Waals surface area contributed by atoms with Gasteiger partial charge in [-0.15, -0.1) is 5.10 Å². The lowest BCUT2D eigenvalue weighted by Crippen LogP contribution is -1.98. The topological polar surface area (TPSA) is 84.1 Å². The summed E-state index contributed by atoms with van der Waals surface area (Å²) >= 11 is 1.29. The zero-order valence-electron chi connectivity index (χ0n) is 10.2. The highest BCUT2D eigenvalue weighted by atomic mass is 32.2. The van der Waals surface area contributed by atoms with Gasteiger partial charge in [0.2, 0.25) is 5.16 Å². The molecule has 2 aromatic carbocycles. The molecule has 1 aromatic heterocycles. The maximum Gasteiger partial charge on any atom is 0.218 e. The number of phenolic OH excluding ortho intramolecular Hbond substituents is 2. The van der Waals surface area contributed by atoms with Gasteiger partial charge in [-0.1, -0.05) is 18.2 Å². The first-order valence-corrected chi connectivity index (χ1v) is 6.59. The first-order chi connectivity index (χ1) is 9.74. The molecule has 3 rings (SSSR count). The number of benzene rings is 2. The van der Waals surface area contributed by atoms with E-state index in [0.29, 0.717) is 5.16 Å². The first kappa shape index (κ1) is 12.5. The normalized spacial score (nSPS) is 10.6. The molecule has 0 fully saturated rings. The van der Waals surface area contributed by atoms with E-state index in [1.807, 2.05) is 30.3 Å². The molecule has 0 unspecified atom stereocenters. The van der Waals surface area contributed by atoms with Crippen molar-refractivity contribution in [3.8, 4) is 17.2 Å². The summed E-state index contributed by atoms with van der Waals surface area (Å²) in [6.45, 7) is 0. The van der Waals surface area contributed by atoms with Crippen LogP contribution in [-0.4, -0.2) is 30.4 Å². The largest absolute Gasteiger partial charge is 0.504 e. The molecule has 20 heavy (non-hydrogen) atoms. The highest BCUT2D eigenvalue weighted by Gasteiger charge is 2.11. The van der Waals surface area contributed by atoms with Crippen molar-refractivity contribution in [2.24, 2.45) is 0 Å². The Morgan fingerprint density at radius 2 is 1.75 bits per heavy atom. The van der Waals surface area contributed by atoms with Crippen LogP contribution in [0.25, 0.3) is 5.69 Å². The Morgan fingerprint density at radius 1 is 0.950 bits per heavy atom. The van der Waals surface area contributed by atoms with Gasteiger partial charge in [-0.25, -0.2) is 0 Å². The van der Waals surface area contributed by atoms with Gasteiger partial charge in [0.1, 0.15) is 0 Å². The second kappa shape index (κ2) is 5.22. The lowest BCUT2D eigenvalue weighted by atomic mass is 10.3. The molecule has 0 radical (unpaired) electrons. The van der Waals surface area contributed by atoms with Gasteiger partial charge in [0.25, 0.3) is 0 Å². The number of aromatic nitrogens is 4. The predicted molar refractivity (Wildman–Crippen MR) is 73.0 cm³/mol. The Labute approximate surface area is 118 Å². The Bertz CT molecular complexity index is 730. The van der Waals surface area contributed by atoms with Gasteiger partial charge in [-0.2, -0.15) is 4.68 Å². The summed E-state index contributed by atoms with van der Waals surface area (Å²) in [7, 11) is 0. The number of tetrazole rings is 1. The van der Waals surface area contributed by atoms with Gasteiger partial charge in [0, 0.05) is 4.90 Å². The van der Waals surface area contributed by atoms with Crippen molar-refractivity contribution < 1.29 is 10.2 Å². The molecule has 0 saturated heterocycles. The molecule has 6 nitrogen and oxygen atoms in total. The van der Waals surface area contributed by atoms with Gasteiger partial charge >= 0.3 is 0 Å². The van der Waals surface area contributed by atoms with Gasteiger partial charge < -0.3 is 10.2 Å². The minimum atomic E-state index is -0.172. The third-order valence-corrected chi connectivity index (χ3v) is 3.52. The number of hydrogen-bond donors (Lipinski definition) is 2. The first-order valence-electron chi connectivity index (χ1n) is 5.77. The van der Waals surface area contributed by atoms with E-state index in [9.17, 15) is 10.2 Å². The van der Waals surface area contributed by atoms with Gasteiger partial charge in [-0.05, 0) is 52.5 Å². The maximum atomic E-state index is 9.49. The molecule has 0 aliphatic carbocycles. The summed E-state index contributed by atoms with van der Waals surface area (Å²) in [6, 6.07) is 14.1. The second-order valence-electron chi connectivity index (χ2n) is 3.96. The van der Waals surface area contributed by atoms with E-state index in [-0.39, 0.29) is 11.5 Å². The van der Waals surface area contributed by atoms with Crippen LogP contribution in [0.15, 0.2) is 58.6 Å². The van der Waals surface area contributed by atoms with Gasteiger partial charge in [-0.3, -0.25) is 0 Å². The Morgan fingerprint density at radius 3 is 2.50 bits per heavy atom. The average molecular weight is 286 g/mol. The summed E-state index contributed by atoms with van der Waals surface area (Å²) < 4.78 is 1.61. The predicted octanol–water partition coefficient (Wildman–Crippen LogP) is 2.22. The number of nitrogens with zero attached hydrogens (tertiary/aromatic N) is 4. The van der Waals surface area contributed by atoms with Crippen molar-refractivity contribution in [2.75, 3.05) is 0 Å². The van der Waals surface area contributed by atoms with Crippen LogP contribution in [0, 0.1) is 0 Å². The summed E-state index contributed by atoms with van der Waals surface area (Å²) in [5.74, 6) is -0.328. The Balaban J connectivity index is 1.92. The molecule has 0 bridgehead atoms. The molecular weight excluding hydrogens is 276 g/mol. The van der Waals surface area contributed by atoms with Crippen LogP contribution in [0.4, 0.5) is 0 Å². The van der Waals surface area contributed by atoms with Crippen molar-refractivity contribution in [1.29, 1.82) is 0 Å². The molecule has 0 amide bonds. The van der Waals surface area contributed by atoms with Crippen molar-refractivity contribution in [1.82, 2.24) is 20.2 Å². The van der Waals surface area contributed by atoms with E-state index in [0.717, 1.165) is 10.6 Å². The maximum absolute atomic E-state index is 9.49. The molecular formula is C13H10N4O2S. The van der Waals surface area contributed by atoms with Crippen LogP contribution in [0.5, 0.6) is 11.5 Å². The zero-order chi connectivity index (χ0) is 13.9. The van der Waals surface area contributed by atoms with Crippen LogP contribution >= 0.6 is 11.8 Å². The highest BCUT2D eigenvalue weighted by Crippen LogP contribution is 2.33. The number of aromatic hydroxyl groups is 2. The molecule has 2 N–H and O–H groups in total. The number of phenols is 2. The van der Waals surface area contributed by atoms with Crippen molar-refractivity contribution in [3.05, 3.63) is 48.5 Å². The van der Waals surface area contributed by atoms with Crippen molar-refractivity contribution >= 4 is 11.8 Å². The molecule has 0 saturated carbocycles. The van der Waals surface area contributed by atoms with E-state index in [2.05, 4.69) is 15.5 Å². The SMILES string of the molecule is Oc1ccc(Sc2nnnn2-c2ccccc2)cc1O. The summed E-state index contributed by atoms with van der Waals surface area (Å²) in [6.07, 6.45) is 0. The van der Waals surface area contributed by atoms with Crippen molar-refractivity contribution in [3.63, 3.8) is 0 Å². The monoisotopic (exact) mass is 286 g/mol. The van der Waals surface area contributed by atoms with Gasteiger partial charge in [0.15, 0.2) is 11.5 Å². The number of para-hydroxylation sites is 1. The third-order valence-electron chi connectivity index (χ3n) is 2.60. The summed E-state index contributed by atoms with van der Waals surface area (Å²) in [5.41, 5.74) is 0.850. The summed E-state index contributed by atoms with van der Waals surface area (Å²) in [4.78, 5) is 0.729. The van der Waals surface area contributed by atoms with E-state index in [4.69, 9.17) is 0 Å². The van der Waals surface area contributed by atoms with Crippen molar-refractivity contribution in [2.45, 2.75) is 10.1 Å². The molecule has 3 aromatic rings. The molecule has 7 heteroatoms. The lowest BCUT2D eigenvalue weighted by molar-refractivity contribution is 0.402. The summed E-state index contributed by atoms with van der Waals surface area (Å²) in [5, 5.41) is 30.9. The van der Waals surface area contributed by atoms with E-state index in [1.165, 1.54) is 23.9 Å². The fraction of sp³-hybridized carbons (Fsp3) is 0. The fourth-order valence-corrected chi connectivity index (χ4v) is 2.47. The van der Waals surface area contributed by atoms with Crippen LogP contribution < -0.4 is 0 Å². The lowest BCUT2D eigenvalue weighted by Gasteiger charge is -2.04. The molecule has 1 heterocycles. The smallest absolute Gasteiger partial charge is 0.218 e. The second-order valence-corrected chi connectivity index (χ2v) is 5.00. The van der Waals surface area contributed by atoms with Crippen LogP contribution in [0.2, 0.25) is 0 Å². The minimum absolute atomic E-state index is 0.156. The van der Waals surface area contributed by atoms with E-state index >= 15 is 0 Å². The zero-order valence-corrected chi connectivity index (χ0v) is 11.0. The molecule has 0 aliphatic rings. The third kappa shape index (κ3) is 2.43. The highest BCUT2D eigenvalue weighted by molar-refractivity contribution is 7.99. The Kier molecular flexibility index (Phi) is 3.26. The van der Waals surface area contributed by atoms with Crippen LogP contribution in [0.1, 0.15) is 0 Å². The van der Waals surface area contributed by atoms with E-state index in [1.54, 1.807) is 10.7 Å². The molecule has 100 valence electrons. The number of rotatable bonds is 3. The number of hydrogen-bond acceptors (Lipinski definition) is 6. The Hall–Kier alpha value is -2.54. The van der Waals surface area contributed by atoms with Crippen LogP contribution in [-0.2, 0) is 0 Å². The molecule has 0 spiro atoms. The molecule has 0 atom stereocenters. The quantitative estimate of drug-likeness (QED) is 0.718. The van der Waals surface area contributed by atoms with E-state index < -0.39 is 0 Å². The average Bonchev–Trinajstić information content (AvgIpc) is 2.92. The van der Waals surface area contributed by atoms with Gasteiger partial charge in [0.05, 0.1) is 5.69 Å². The standard InChI is InChI=1S/C13H10N4O2S/c18-11-7-6-10(8-12(11)19)20-13-14-15-16-17(13)9-4-2-1-3-5-9/h1-8,18-19H. The van der Waals surface area contributed by atoms with Crippen LogP contribution in [0.3, 0.4) is 0 Å².